The fraction of sp³-hybridized carbons (Fsp3) is 0.200. The van der Waals surface area contributed by atoms with Crippen molar-refractivity contribution in [2.24, 2.45) is 0 Å². The molecular formula is C15H13BrN2O2. The Morgan fingerprint density at radius 3 is 2.95 bits per heavy atom. The fourth-order valence-electron chi connectivity index (χ4n) is 2.53. The first-order chi connectivity index (χ1) is 9.63. The summed E-state index contributed by atoms with van der Waals surface area (Å²) in [6.07, 6.45) is 4.51. The van der Waals surface area contributed by atoms with E-state index in [1.54, 1.807) is 18.3 Å². The fourth-order valence-corrected chi connectivity index (χ4v) is 2.94. The number of carboxylic acid groups (broad SMARTS) is 1. The third-order valence-corrected chi connectivity index (χ3v) is 3.89. The van der Waals surface area contributed by atoms with Gasteiger partial charge in [-0.25, -0.2) is 4.79 Å². The minimum Gasteiger partial charge on any atom is -0.478 e. The van der Waals surface area contributed by atoms with Crippen LogP contribution in [0.25, 0.3) is 0 Å². The van der Waals surface area contributed by atoms with Crippen molar-refractivity contribution in [1.29, 1.82) is 0 Å². The molecule has 0 spiro atoms. The van der Waals surface area contributed by atoms with Crippen LogP contribution in [0, 0.1) is 0 Å². The molecule has 0 saturated heterocycles. The molecule has 1 aliphatic heterocycles. The number of carboxylic acids is 1. The Morgan fingerprint density at radius 1 is 1.35 bits per heavy atom. The Kier molecular flexibility index (Phi) is 3.44. The highest BCUT2D eigenvalue weighted by Gasteiger charge is 2.20. The molecule has 1 aromatic heterocycles. The Labute approximate surface area is 125 Å². The van der Waals surface area contributed by atoms with Crippen molar-refractivity contribution in [3.05, 3.63) is 57.8 Å². The zero-order valence-electron chi connectivity index (χ0n) is 10.7. The first-order valence-corrected chi connectivity index (χ1v) is 7.13. The number of halogens is 1. The highest BCUT2D eigenvalue weighted by atomic mass is 79.9. The lowest BCUT2D eigenvalue weighted by Gasteiger charge is -2.19. The number of hydrogen-bond acceptors (Lipinski definition) is 3. The Balaban J connectivity index is 1.84. The van der Waals surface area contributed by atoms with Crippen molar-refractivity contribution in [3.8, 4) is 0 Å². The van der Waals surface area contributed by atoms with Gasteiger partial charge in [0.05, 0.1) is 5.56 Å². The first-order valence-electron chi connectivity index (χ1n) is 6.34. The van der Waals surface area contributed by atoms with Crippen LogP contribution in [0.2, 0.25) is 0 Å². The number of aromatic carboxylic acids is 1. The summed E-state index contributed by atoms with van der Waals surface area (Å²) in [5.41, 5.74) is 3.71. The summed E-state index contributed by atoms with van der Waals surface area (Å²) in [6.45, 7) is 1.69. The number of aromatic nitrogens is 1. The van der Waals surface area contributed by atoms with E-state index in [2.05, 4.69) is 31.9 Å². The van der Waals surface area contributed by atoms with Gasteiger partial charge in [0.2, 0.25) is 0 Å². The van der Waals surface area contributed by atoms with E-state index < -0.39 is 5.97 Å². The van der Waals surface area contributed by atoms with E-state index >= 15 is 0 Å². The maximum absolute atomic E-state index is 11.0. The van der Waals surface area contributed by atoms with E-state index in [1.165, 1.54) is 0 Å². The monoisotopic (exact) mass is 332 g/mol. The normalized spacial score (nSPS) is 13.3. The second-order valence-electron chi connectivity index (χ2n) is 4.83. The van der Waals surface area contributed by atoms with Gasteiger partial charge in [0.1, 0.15) is 0 Å². The van der Waals surface area contributed by atoms with E-state index in [0.29, 0.717) is 5.56 Å². The minimum atomic E-state index is -0.873. The average Bonchev–Trinajstić information content (AvgIpc) is 2.81. The molecule has 5 heteroatoms. The molecule has 0 amide bonds. The number of carbonyl (C=O) groups is 1. The molecule has 0 atom stereocenters. The zero-order valence-corrected chi connectivity index (χ0v) is 12.3. The molecule has 3 rings (SSSR count). The molecule has 1 N–H and O–H groups in total. The van der Waals surface area contributed by atoms with Crippen molar-refractivity contribution in [2.75, 3.05) is 11.4 Å². The van der Waals surface area contributed by atoms with Crippen molar-refractivity contribution < 1.29 is 9.90 Å². The van der Waals surface area contributed by atoms with Crippen LogP contribution in [0.3, 0.4) is 0 Å². The van der Waals surface area contributed by atoms with Gasteiger partial charge in [-0.15, -0.1) is 0 Å². The van der Waals surface area contributed by atoms with Crippen LogP contribution in [-0.2, 0) is 13.0 Å². The summed E-state index contributed by atoms with van der Waals surface area (Å²) in [6, 6.07) is 7.39. The van der Waals surface area contributed by atoms with Gasteiger partial charge >= 0.3 is 5.97 Å². The van der Waals surface area contributed by atoms with E-state index in [4.69, 9.17) is 5.11 Å². The summed E-state index contributed by atoms with van der Waals surface area (Å²) in [7, 11) is 0. The maximum atomic E-state index is 11.0. The van der Waals surface area contributed by atoms with Crippen LogP contribution < -0.4 is 4.90 Å². The molecule has 1 aromatic carbocycles. The quantitative estimate of drug-likeness (QED) is 0.938. The molecule has 0 aliphatic carbocycles. The predicted octanol–water partition coefficient (Wildman–Crippen LogP) is 3.11. The molecule has 102 valence electrons. The molecular weight excluding hydrogens is 320 g/mol. The standard InChI is InChI=1S/C15H13BrN2O2/c16-13-5-10(7-17-8-13)9-18-4-3-11-6-12(15(19)20)1-2-14(11)18/h1-2,5-8H,3-4,9H2,(H,19,20). The minimum absolute atomic E-state index is 0.356. The van der Waals surface area contributed by atoms with Crippen LogP contribution in [-0.4, -0.2) is 22.6 Å². The smallest absolute Gasteiger partial charge is 0.335 e. The van der Waals surface area contributed by atoms with Crippen molar-refractivity contribution in [1.82, 2.24) is 4.98 Å². The van der Waals surface area contributed by atoms with E-state index in [-0.39, 0.29) is 0 Å². The number of rotatable bonds is 3. The number of benzene rings is 1. The Bertz CT molecular complexity index is 673. The number of anilines is 1. The molecule has 0 bridgehead atoms. The Hall–Kier alpha value is -1.88. The van der Waals surface area contributed by atoms with Crippen LogP contribution in [0.4, 0.5) is 5.69 Å². The molecule has 0 radical (unpaired) electrons. The average molecular weight is 333 g/mol. The highest BCUT2D eigenvalue weighted by Crippen LogP contribution is 2.30. The number of hydrogen-bond donors (Lipinski definition) is 1. The van der Waals surface area contributed by atoms with Gasteiger partial charge in [-0.1, -0.05) is 0 Å². The maximum Gasteiger partial charge on any atom is 0.335 e. The lowest BCUT2D eigenvalue weighted by Crippen LogP contribution is -2.19. The molecule has 2 aromatic rings. The molecule has 1 aliphatic rings. The van der Waals surface area contributed by atoms with E-state index in [0.717, 1.165) is 40.8 Å². The van der Waals surface area contributed by atoms with Gasteiger partial charge in [-0.3, -0.25) is 4.98 Å². The summed E-state index contributed by atoms with van der Waals surface area (Å²) < 4.78 is 0.968. The van der Waals surface area contributed by atoms with Gasteiger partial charge in [-0.2, -0.15) is 0 Å². The van der Waals surface area contributed by atoms with Gasteiger partial charge in [-0.05, 0) is 57.7 Å². The predicted molar refractivity (Wildman–Crippen MR) is 80.1 cm³/mol. The molecule has 2 heterocycles. The van der Waals surface area contributed by atoms with E-state index in [9.17, 15) is 4.79 Å². The second kappa shape index (κ2) is 5.25. The van der Waals surface area contributed by atoms with Gasteiger partial charge in [0, 0.05) is 35.6 Å². The number of fused-ring (bicyclic) bond motifs is 1. The lowest BCUT2D eigenvalue weighted by molar-refractivity contribution is 0.0697. The van der Waals surface area contributed by atoms with E-state index in [1.807, 2.05) is 12.3 Å². The van der Waals surface area contributed by atoms with Crippen molar-refractivity contribution in [2.45, 2.75) is 13.0 Å². The van der Waals surface area contributed by atoms with Crippen LogP contribution in [0.5, 0.6) is 0 Å². The van der Waals surface area contributed by atoms with Crippen molar-refractivity contribution >= 4 is 27.6 Å². The highest BCUT2D eigenvalue weighted by molar-refractivity contribution is 9.10. The van der Waals surface area contributed by atoms with Crippen LogP contribution >= 0.6 is 15.9 Å². The summed E-state index contributed by atoms with van der Waals surface area (Å²) >= 11 is 3.42. The molecule has 20 heavy (non-hydrogen) atoms. The van der Waals surface area contributed by atoms with Gasteiger partial charge in [0.15, 0.2) is 0 Å². The largest absolute Gasteiger partial charge is 0.478 e. The summed E-state index contributed by atoms with van der Waals surface area (Å²) in [4.78, 5) is 17.4. The molecule has 0 saturated carbocycles. The molecule has 0 fully saturated rings. The topological polar surface area (TPSA) is 53.4 Å². The summed E-state index contributed by atoms with van der Waals surface area (Å²) in [5, 5.41) is 9.02. The molecule has 4 nitrogen and oxygen atoms in total. The SMILES string of the molecule is O=C(O)c1ccc2c(c1)CCN2Cc1cncc(Br)c1. The van der Waals surface area contributed by atoms with Crippen LogP contribution in [0.1, 0.15) is 21.5 Å². The van der Waals surface area contributed by atoms with Gasteiger partial charge in [0.25, 0.3) is 0 Å². The summed E-state index contributed by atoms with van der Waals surface area (Å²) in [5.74, 6) is -0.873. The third kappa shape index (κ3) is 2.54. The lowest BCUT2D eigenvalue weighted by atomic mass is 10.1. The number of pyridine rings is 1. The van der Waals surface area contributed by atoms with Crippen molar-refractivity contribution in [3.63, 3.8) is 0 Å². The molecule has 0 unspecified atom stereocenters. The zero-order chi connectivity index (χ0) is 14.1. The number of nitrogens with zero attached hydrogens (tertiary/aromatic N) is 2. The third-order valence-electron chi connectivity index (χ3n) is 3.45. The van der Waals surface area contributed by atoms with Crippen LogP contribution in [0.15, 0.2) is 41.1 Å². The second-order valence-corrected chi connectivity index (χ2v) is 5.75. The first kappa shape index (κ1) is 13.1. The Morgan fingerprint density at radius 2 is 2.20 bits per heavy atom. The van der Waals surface area contributed by atoms with Gasteiger partial charge < -0.3 is 10.0 Å².